The van der Waals surface area contributed by atoms with Gasteiger partial charge in [-0.05, 0) is 67.7 Å². The molecule has 2 aromatic heterocycles. The van der Waals surface area contributed by atoms with Gasteiger partial charge in [0.25, 0.3) is 0 Å². The van der Waals surface area contributed by atoms with Gasteiger partial charge in [-0.25, -0.2) is 0 Å². The van der Waals surface area contributed by atoms with Crippen molar-refractivity contribution in [2.24, 2.45) is 0 Å². The summed E-state index contributed by atoms with van der Waals surface area (Å²) in [5, 5.41) is 4.88. The number of hydrogen-bond acceptors (Lipinski definition) is 5. The van der Waals surface area contributed by atoms with E-state index in [2.05, 4.69) is 46.4 Å². The highest BCUT2D eigenvalue weighted by Crippen LogP contribution is 2.45. The number of hydrogen-bond donors (Lipinski definition) is 1. The molecule has 1 aliphatic rings. The van der Waals surface area contributed by atoms with Crippen molar-refractivity contribution in [3.05, 3.63) is 102 Å². The van der Waals surface area contributed by atoms with Crippen LogP contribution in [0.25, 0.3) is 0 Å². The van der Waals surface area contributed by atoms with Crippen molar-refractivity contribution in [1.82, 2.24) is 10.3 Å². The Morgan fingerprint density at radius 3 is 2.55 bits per heavy atom. The van der Waals surface area contributed by atoms with E-state index in [4.69, 9.17) is 21.4 Å². The second-order valence-corrected chi connectivity index (χ2v) is 9.20. The minimum atomic E-state index is -0.226. The van der Waals surface area contributed by atoms with Crippen LogP contribution >= 0.6 is 24.0 Å². The molecular weight excluding hydrogens is 450 g/mol. The zero-order chi connectivity index (χ0) is 22.8. The first kappa shape index (κ1) is 21.6. The van der Waals surface area contributed by atoms with Crippen molar-refractivity contribution in [2.45, 2.75) is 29.0 Å². The largest absolute Gasteiger partial charge is 0.495 e. The number of ether oxygens (including phenoxy) is 1. The fraction of sp³-hybridized carbons (Fsp3) is 0.154. The van der Waals surface area contributed by atoms with Gasteiger partial charge in [-0.1, -0.05) is 47.7 Å². The number of methoxy groups -OCH3 is 1. The van der Waals surface area contributed by atoms with Gasteiger partial charge in [-0.3, -0.25) is 4.98 Å². The standard InChI is InChI=1S/C26H23N3O2S2/c1-17-10-12-18(13-11-17)33-23-15-14-22(31-23)25-24(19-7-5-6-16-27-19)28-26(32)29(25)20-8-3-4-9-21(20)30-2/h3-16,24-25H,1-2H3,(H,28,32). The maximum absolute atomic E-state index is 6.38. The van der Waals surface area contributed by atoms with Crippen molar-refractivity contribution >= 4 is 34.8 Å². The fourth-order valence-electron chi connectivity index (χ4n) is 4.00. The quantitative estimate of drug-likeness (QED) is 0.329. The Labute approximate surface area is 202 Å². The van der Waals surface area contributed by atoms with Gasteiger partial charge in [0, 0.05) is 11.1 Å². The van der Waals surface area contributed by atoms with Gasteiger partial charge in [0.15, 0.2) is 10.2 Å². The van der Waals surface area contributed by atoms with Crippen molar-refractivity contribution in [3.63, 3.8) is 0 Å². The summed E-state index contributed by atoms with van der Waals surface area (Å²) < 4.78 is 12.0. The molecule has 2 aromatic carbocycles. The summed E-state index contributed by atoms with van der Waals surface area (Å²) in [6, 6.07) is 25.8. The van der Waals surface area contributed by atoms with E-state index in [-0.39, 0.29) is 12.1 Å². The molecule has 1 saturated heterocycles. The Hall–Kier alpha value is -3.29. The molecule has 0 radical (unpaired) electrons. The summed E-state index contributed by atoms with van der Waals surface area (Å²) in [4.78, 5) is 7.79. The predicted molar refractivity (Wildman–Crippen MR) is 135 cm³/mol. The van der Waals surface area contributed by atoms with E-state index in [1.54, 1.807) is 25.1 Å². The number of para-hydroxylation sites is 2. The van der Waals surface area contributed by atoms with Crippen LogP contribution in [-0.2, 0) is 0 Å². The molecule has 1 fully saturated rings. The number of benzene rings is 2. The monoisotopic (exact) mass is 473 g/mol. The van der Waals surface area contributed by atoms with Crippen LogP contribution in [-0.4, -0.2) is 17.2 Å². The number of pyridine rings is 1. The van der Waals surface area contributed by atoms with Gasteiger partial charge in [0.1, 0.15) is 17.6 Å². The Morgan fingerprint density at radius 1 is 1.00 bits per heavy atom. The number of thiocarbonyl (C=S) groups is 1. The first-order valence-electron chi connectivity index (χ1n) is 10.6. The second-order valence-electron chi connectivity index (χ2n) is 7.74. The summed E-state index contributed by atoms with van der Waals surface area (Å²) in [5.74, 6) is 1.55. The van der Waals surface area contributed by atoms with Crippen LogP contribution in [0.15, 0.2) is 99.5 Å². The van der Waals surface area contributed by atoms with Crippen LogP contribution < -0.4 is 15.0 Å². The molecule has 0 amide bonds. The van der Waals surface area contributed by atoms with Crippen molar-refractivity contribution in [3.8, 4) is 5.75 Å². The van der Waals surface area contributed by atoms with Gasteiger partial charge in [-0.2, -0.15) is 0 Å². The molecule has 0 bridgehead atoms. The lowest BCUT2D eigenvalue weighted by Crippen LogP contribution is -2.29. The molecular formula is C26H23N3O2S2. The van der Waals surface area contributed by atoms with Gasteiger partial charge in [-0.15, -0.1) is 0 Å². The van der Waals surface area contributed by atoms with Crippen LogP contribution in [0, 0.1) is 6.92 Å². The smallest absolute Gasteiger partial charge is 0.174 e. The third-order valence-electron chi connectivity index (χ3n) is 5.58. The number of nitrogens with one attached hydrogen (secondary N) is 1. The van der Waals surface area contributed by atoms with E-state index >= 15 is 0 Å². The number of aromatic nitrogens is 1. The molecule has 0 spiro atoms. The molecule has 4 aromatic rings. The molecule has 33 heavy (non-hydrogen) atoms. The van der Waals surface area contributed by atoms with E-state index < -0.39 is 0 Å². The van der Waals surface area contributed by atoms with Crippen molar-refractivity contribution in [1.29, 1.82) is 0 Å². The molecule has 1 N–H and O–H groups in total. The molecule has 5 rings (SSSR count). The number of nitrogens with zero attached hydrogens (tertiary/aromatic N) is 2. The highest BCUT2D eigenvalue weighted by Gasteiger charge is 2.43. The molecule has 2 unspecified atom stereocenters. The van der Waals surface area contributed by atoms with E-state index in [9.17, 15) is 0 Å². The highest BCUT2D eigenvalue weighted by molar-refractivity contribution is 7.99. The maximum Gasteiger partial charge on any atom is 0.174 e. The normalized spacial score (nSPS) is 17.8. The summed E-state index contributed by atoms with van der Waals surface area (Å²) >= 11 is 7.39. The van der Waals surface area contributed by atoms with Crippen LogP contribution in [0.1, 0.15) is 29.1 Å². The lowest BCUT2D eigenvalue weighted by atomic mass is 10.0. The van der Waals surface area contributed by atoms with Gasteiger partial charge >= 0.3 is 0 Å². The van der Waals surface area contributed by atoms with E-state index in [0.29, 0.717) is 5.11 Å². The van der Waals surface area contributed by atoms with Crippen LogP contribution in [0.5, 0.6) is 5.75 Å². The Bertz CT molecular complexity index is 1260. The zero-order valence-electron chi connectivity index (χ0n) is 18.3. The summed E-state index contributed by atoms with van der Waals surface area (Å²) in [7, 11) is 1.67. The zero-order valence-corrected chi connectivity index (χ0v) is 19.9. The van der Waals surface area contributed by atoms with E-state index in [1.807, 2.05) is 54.6 Å². The molecule has 2 atom stereocenters. The molecule has 7 heteroatoms. The predicted octanol–water partition coefficient (Wildman–Crippen LogP) is 6.32. The Kier molecular flexibility index (Phi) is 6.07. The second kappa shape index (κ2) is 9.29. The highest BCUT2D eigenvalue weighted by atomic mass is 32.2. The molecule has 3 heterocycles. The molecule has 166 valence electrons. The Morgan fingerprint density at radius 2 is 1.79 bits per heavy atom. The number of furan rings is 1. The fourth-order valence-corrected chi connectivity index (χ4v) is 5.12. The van der Waals surface area contributed by atoms with Gasteiger partial charge in [0.05, 0.1) is 24.5 Å². The number of aryl methyl sites for hydroxylation is 1. The summed E-state index contributed by atoms with van der Waals surface area (Å²) in [6.07, 6.45) is 1.80. The molecule has 5 nitrogen and oxygen atoms in total. The Balaban J connectivity index is 1.55. The average Bonchev–Trinajstić information content (AvgIpc) is 3.45. The number of anilines is 1. The topological polar surface area (TPSA) is 50.5 Å². The van der Waals surface area contributed by atoms with Gasteiger partial charge < -0.3 is 19.4 Å². The van der Waals surface area contributed by atoms with Crippen molar-refractivity contribution in [2.75, 3.05) is 12.0 Å². The lowest BCUT2D eigenvalue weighted by molar-refractivity contribution is 0.380. The van der Waals surface area contributed by atoms with Crippen LogP contribution in [0.4, 0.5) is 5.69 Å². The minimum absolute atomic E-state index is 0.174. The first-order valence-corrected chi connectivity index (χ1v) is 11.8. The van der Waals surface area contributed by atoms with Crippen LogP contribution in [0.3, 0.4) is 0 Å². The first-order chi connectivity index (χ1) is 16.1. The maximum atomic E-state index is 6.38. The SMILES string of the molecule is COc1ccccc1N1C(=S)NC(c2ccccn2)C1c1ccc(Sc2ccc(C)cc2)o1. The third kappa shape index (κ3) is 4.34. The average molecular weight is 474 g/mol. The molecule has 0 saturated carbocycles. The lowest BCUT2D eigenvalue weighted by Gasteiger charge is -2.27. The minimum Gasteiger partial charge on any atom is -0.495 e. The van der Waals surface area contributed by atoms with Crippen LogP contribution in [0.2, 0.25) is 0 Å². The molecule has 1 aliphatic heterocycles. The molecule has 0 aliphatic carbocycles. The van der Waals surface area contributed by atoms with Crippen molar-refractivity contribution < 1.29 is 9.15 Å². The van der Waals surface area contributed by atoms with Gasteiger partial charge in [0.2, 0.25) is 0 Å². The summed E-state index contributed by atoms with van der Waals surface area (Å²) in [5.41, 5.74) is 3.01. The number of rotatable bonds is 6. The summed E-state index contributed by atoms with van der Waals surface area (Å²) in [6.45, 7) is 2.08. The van der Waals surface area contributed by atoms with E-state index in [1.165, 1.54) is 5.56 Å². The van der Waals surface area contributed by atoms with E-state index in [0.717, 1.165) is 32.9 Å². The third-order valence-corrected chi connectivity index (χ3v) is 6.82.